The maximum atomic E-state index is 11.5. The predicted molar refractivity (Wildman–Crippen MR) is 84.7 cm³/mol. The lowest BCUT2D eigenvalue weighted by atomic mass is 9.88. The molecule has 1 heterocycles. The van der Waals surface area contributed by atoms with Crippen LogP contribution in [0.25, 0.3) is 0 Å². The van der Waals surface area contributed by atoms with Crippen molar-refractivity contribution < 1.29 is 8.42 Å². The maximum absolute atomic E-state index is 11.5. The number of hydrogen-bond acceptors (Lipinski definition) is 3. The Labute approximate surface area is 129 Å². The molecule has 1 N–H and O–H groups in total. The van der Waals surface area contributed by atoms with E-state index in [-0.39, 0.29) is 0 Å². The number of sulfone groups is 1. The smallest absolute Gasteiger partial charge is 0.150 e. The van der Waals surface area contributed by atoms with E-state index in [1.165, 1.54) is 11.1 Å². The summed E-state index contributed by atoms with van der Waals surface area (Å²) in [6, 6.07) is 7.01. The van der Waals surface area contributed by atoms with Crippen LogP contribution >= 0.6 is 15.9 Å². The Morgan fingerprint density at radius 1 is 1.25 bits per heavy atom. The first kappa shape index (κ1) is 14.5. The summed E-state index contributed by atoms with van der Waals surface area (Å²) in [6.07, 6.45) is 4.13. The maximum Gasteiger partial charge on any atom is 0.150 e. The fourth-order valence-electron chi connectivity index (χ4n) is 3.26. The van der Waals surface area contributed by atoms with Gasteiger partial charge >= 0.3 is 0 Å². The second-order valence-electron chi connectivity index (χ2n) is 6.03. The van der Waals surface area contributed by atoms with Crippen LogP contribution in [0.3, 0.4) is 0 Å². The third kappa shape index (κ3) is 3.43. The quantitative estimate of drug-likeness (QED) is 0.902. The van der Waals surface area contributed by atoms with Crippen LogP contribution in [-0.2, 0) is 22.7 Å². The highest BCUT2D eigenvalue weighted by Gasteiger charge is 2.28. The van der Waals surface area contributed by atoms with Gasteiger partial charge in [-0.15, -0.1) is 0 Å². The highest BCUT2D eigenvalue weighted by molar-refractivity contribution is 9.10. The normalized spacial score (nSPS) is 28.2. The second kappa shape index (κ2) is 5.78. The predicted octanol–water partition coefficient (Wildman–Crippen LogP) is 2.33. The van der Waals surface area contributed by atoms with Crippen molar-refractivity contribution in [1.29, 1.82) is 0 Å². The minimum Gasteiger partial charge on any atom is -0.313 e. The Balaban J connectivity index is 1.54. The van der Waals surface area contributed by atoms with E-state index in [1.54, 1.807) is 0 Å². The van der Waals surface area contributed by atoms with Crippen LogP contribution in [0, 0.1) is 5.92 Å². The zero-order chi connectivity index (χ0) is 14.2. The Morgan fingerprint density at radius 2 is 2.10 bits per heavy atom. The lowest BCUT2D eigenvalue weighted by Gasteiger charge is -2.26. The molecule has 20 heavy (non-hydrogen) atoms. The van der Waals surface area contributed by atoms with Crippen molar-refractivity contribution in [2.24, 2.45) is 5.92 Å². The van der Waals surface area contributed by atoms with Gasteiger partial charge in [-0.2, -0.15) is 0 Å². The monoisotopic (exact) mass is 357 g/mol. The second-order valence-corrected chi connectivity index (χ2v) is 9.17. The number of benzene rings is 1. The molecule has 2 aliphatic rings. The summed E-state index contributed by atoms with van der Waals surface area (Å²) in [6.45, 7) is 0.843. The van der Waals surface area contributed by atoms with Gasteiger partial charge in [-0.05, 0) is 61.4 Å². The molecule has 0 bridgehead atoms. The van der Waals surface area contributed by atoms with Gasteiger partial charge < -0.3 is 5.32 Å². The third-order valence-corrected chi connectivity index (χ3v) is 6.75. The van der Waals surface area contributed by atoms with Gasteiger partial charge in [-0.1, -0.05) is 22.0 Å². The third-order valence-electron chi connectivity index (χ3n) is 4.42. The van der Waals surface area contributed by atoms with E-state index in [1.807, 2.05) is 0 Å². The number of halogens is 1. The minimum absolute atomic E-state index is 0.311. The molecule has 1 aliphatic heterocycles. The largest absolute Gasteiger partial charge is 0.313 e. The first-order valence-electron chi connectivity index (χ1n) is 7.23. The van der Waals surface area contributed by atoms with Gasteiger partial charge in [0.2, 0.25) is 0 Å². The standard InChI is InChI=1S/C15H20BrNO2S/c16-14-3-1-13-8-15(4-2-12(13)7-14)17-9-11-5-6-20(18,19)10-11/h1,3,7,11,15,17H,2,4-6,8-10H2. The molecule has 2 atom stereocenters. The molecule has 1 saturated heterocycles. The summed E-state index contributed by atoms with van der Waals surface area (Å²) in [4.78, 5) is 0. The highest BCUT2D eigenvalue weighted by Crippen LogP contribution is 2.25. The Morgan fingerprint density at radius 3 is 2.85 bits per heavy atom. The molecule has 1 aromatic rings. The first-order chi connectivity index (χ1) is 9.52. The molecular weight excluding hydrogens is 338 g/mol. The van der Waals surface area contributed by atoms with Crippen molar-refractivity contribution in [3.8, 4) is 0 Å². The SMILES string of the molecule is O=S1(=O)CCC(CNC2CCc3cc(Br)ccc3C2)C1. The van der Waals surface area contributed by atoms with Gasteiger partial charge in [-0.3, -0.25) is 0 Å². The molecule has 1 aliphatic carbocycles. The lowest BCUT2D eigenvalue weighted by molar-refractivity contribution is 0.415. The van der Waals surface area contributed by atoms with Gasteiger partial charge in [0.1, 0.15) is 0 Å². The molecular formula is C15H20BrNO2S. The minimum atomic E-state index is -2.75. The summed E-state index contributed by atoms with van der Waals surface area (Å²) in [5, 5.41) is 3.58. The number of aryl methyl sites for hydroxylation is 1. The van der Waals surface area contributed by atoms with Crippen LogP contribution < -0.4 is 5.32 Å². The molecule has 0 amide bonds. The summed E-state index contributed by atoms with van der Waals surface area (Å²) in [7, 11) is -2.75. The Kier molecular flexibility index (Phi) is 4.20. The van der Waals surface area contributed by atoms with Crippen LogP contribution in [0.4, 0.5) is 0 Å². The van der Waals surface area contributed by atoms with E-state index in [2.05, 4.69) is 39.4 Å². The number of rotatable bonds is 3. The van der Waals surface area contributed by atoms with Crippen LogP contribution in [0.15, 0.2) is 22.7 Å². The van der Waals surface area contributed by atoms with E-state index in [0.717, 1.165) is 36.7 Å². The molecule has 0 radical (unpaired) electrons. The van der Waals surface area contributed by atoms with E-state index in [0.29, 0.717) is 23.5 Å². The fraction of sp³-hybridized carbons (Fsp3) is 0.600. The van der Waals surface area contributed by atoms with Crippen LogP contribution in [0.1, 0.15) is 24.0 Å². The van der Waals surface area contributed by atoms with Crippen LogP contribution in [-0.4, -0.2) is 32.5 Å². The van der Waals surface area contributed by atoms with Crippen molar-refractivity contribution in [3.63, 3.8) is 0 Å². The number of fused-ring (bicyclic) bond motifs is 1. The van der Waals surface area contributed by atoms with Gasteiger partial charge in [0.05, 0.1) is 11.5 Å². The summed E-state index contributed by atoms with van der Waals surface area (Å²) in [5.74, 6) is 1.06. The topological polar surface area (TPSA) is 46.2 Å². The van der Waals surface area contributed by atoms with Gasteiger partial charge in [0.15, 0.2) is 9.84 Å². The van der Waals surface area contributed by atoms with Crippen LogP contribution in [0.5, 0.6) is 0 Å². The molecule has 3 rings (SSSR count). The first-order valence-corrected chi connectivity index (χ1v) is 9.84. The average Bonchev–Trinajstić information content (AvgIpc) is 2.76. The van der Waals surface area contributed by atoms with E-state index in [9.17, 15) is 8.42 Å². The van der Waals surface area contributed by atoms with Crippen molar-refractivity contribution in [2.45, 2.75) is 31.7 Å². The van der Waals surface area contributed by atoms with E-state index in [4.69, 9.17) is 0 Å². The molecule has 1 fully saturated rings. The molecule has 1 aromatic carbocycles. The number of nitrogens with one attached hydrogen (secondary N) is 1. The molecule has 0 saturated carbocycles. The molecule has 3 nitrogen and oxygen atoms in total. The summed E-state index contributed by atoms with van der Waals surface area (Å²) < 4.78 is 24.1. The van der Waals surface area contributed by atoms with Crippen molar-refractivity contribution in [3.05, 3.63) is 33.8 Å². The highest BCUT2D eigenvalue weighted by atomic mass is 79.9. The molecule has 5 heteroatoms. The Hall–Kier alpha value is -0.390. The van der Waals surface area contributed by atoms with Gasteiger partial charge in [0.25, 0.3) is 0 Å². The van der Waals surface area contributed by atoms with Crippen molar-refractivity contribution in [1.82, 2.24) is 5.32 Å². The summed E-state index contributed by atoms with van der Waals surface area (Å²) in [5.41, 5.74) is 2.87. The van der Waals surface area contributed by atoms with E-state index >= 15 is 0 Å². The van der Waals surface area contributed by atoms with E-state index < -0.39 is 9.84 Å². The zero-order valence-corrected chi connectivity index (χ0v) is 13.8. The zero-order valence-electron chi connectivity index (χ0n) is 11.4. The fourth-order valence-corrected chi connectivity index (χ4v) is 5.53. The van der Waals surface area contributed by atoms with Gasteiger partial charge in [-0.25, -0.2) is 8.42 Å². The van der Waals surface area contributed by atoms with Crippen molar-refractivity contribution >= 4 is 25.8 Å². The molecule has 0 spiro atoms. The molecule has 110 valence electrons. The van der Waals surface area contributed by atoms with Crippen molar-refractivity contribution in [2.75, 3.05) is 18.1 Å². The lowest BCUT2D eigenvalue weighted by Crippen LogP contribution is -2.37. The molecule has 0 aromatic heterocycles. The molecule has 2 unspecified atom stereocenters. The Bertz CT molecular complexity index is 600. The average molecular weight is 358 g/mol. The van der Waals surface area contributed by atoms with Gasteiger partial charge in [0, 0.05) is 10.5 Å². The summed E-state index contributed by atoms with van der Waals surface area (Å²) >= 11 is 3.52. The number of hydrogen-bond donors (Lipinski definition) is 1. The van der Waals surface area contributed by atoms with Crippen LogP contribution in [0.2, 0.25) is 0 Å².